The number of benzene rings is 3. The monoisotopic (exact) mass is 486 g/mol. The Kier molecular flexibility index (Phi) is 8.07. The van der Waals surface area contributed by atoms with Gasteiger partial charge < -0.3 is 10.1 Å². The molecule has 3 nitrogen and oxygen atoms in total. The Labute approximate surface area is 199 Å². The van der Waals surface area contributed by atoms with Crippen molar-refractivity contribution in [1.29, 1.82) is 0 Å². The van der Waals surface area contributed by atoms with E-state index in [-0.39, 0.29) is 27.7 Å². The molecule has 34 heavy (non-hydrogen) atoms. The lowest BCUT2D eigenvalue weighted by atomic mass is 10.1. The van der Waals surface area contributed by atoms with Crippen molar-refractivity contribution in [3.05, 3.63) is 101 Å². The van der Waals surface area contributed by atoms with Gasteiger partial charge in [-0.1, -0.05) is 32.6 Å². The molecule has 1 aromatic heterocycles. The molecule has 0 radical (unpaired) electrons. The van der Waals surface area contributed by atoms with Crippen LogP contribution in [0.4, 0.5) is 23.2 Å². The maximum Gasteiger partial charge on any atom is 0.233 e. The number of anilines is 1. The largest absolute Gasteiger partial charge is 0.438 e. The summed E-state index contributed by atoms with van der Waals surface area (Å²) in [6.45, 7) is 9.43. The topological polar surface area (TPSA) is 34.1 Å². The van der Waals surface area contributed by atoms with E-state index in [0.29, 0.717) is 16.3 Å². The number of hydrogen-bond acceptors (Lipinski definition) is 4. The van der Waals surface area contributed by atoms with Crippen LogP contribution in [-0.2, 0) is 0 Å². The Morgan fingerprint density at radius 2 is 1.38 bits per heavy atom. The van der Waals surface area contributed by atoms with E-state index in [9.17, 15) is 17.6 Å². The Bertz CT molecular complexity index is 1260. The standard InChI is InChI=1S/C24H16F4N2OS.C2H6/c1-13(21-17(25)5-3-6-18(21)26)29-15-9-11-16(12-10-15)31-23-14(2)32-24(30-23)22-19(27)7-4-8-20(22)28;1-2/h3-12,29H,1H2,2H3;1-2H3. The van der Waals surface area contributed by atoms with Gasteiger partial charge in [0, 0.05) is 11.4 Å². The SMILES string of the molecule is C=C(Nc1ccc(Oc2nc(-c3c(F)cccc3F)sc2C)cc1)c1c(F)cccc1F.CC. The first kappa shape index (κ1) is 25.0. The van der Waals surface area contributed by atoms with Crippen molar-refractivity contribution >= 4 is 22.7 Å². The highest BCUT2D eigenvalue weighted by molar-refractivity contribution is 7.15. The lowest BCUT2D eigenvalue weighted by Gasteiger charge is -2.12. The zero-order valence-electron chi connectivity index (χ0n) is 18.8. The molecule has 0 saturated heterocycles. The zero-order chi connectivity index (χ0) is 24.8. The van der Waals surface area contributed by atoms with Crippen LogP contribution in [0.2, 0.25) is 0 Å². The van der Waals surface area contributed by atoms with Crippen molar-refractivity contribution in [3.8, 4) is 22.2 Å². The van der Waals surface area contributed by atoms with Gasteiger partial charge in [0.05, 0.1) is 16.0 Å². The Hall–Kier alpha value is -3.65. The molecule has 0 aliphatic heterocycles. The van der Waals surface area contributed by atoms with Crippen molar-refractivity contribution in [1.82, 2.24) is 4.98 Å². The van der Waals surface area contributed by atoms with Gasteiger partial charge in [0.15, 0.2) is 0 Å². The van der Waals surface area contributed by atoms with Gasteiger partial charge in [-0.05, 0) is 55.5 Å². The maximum absolute atomic E-state index is 14.1. The van der Waals surface area contributed by atoms with Gasteiger partial charge in [-0.15, -0.1) is 11.3 Å². The van der Waals surface area contributed by atoms with Gasteiger partial charge >= 0.3 is 0 Å². The molecule has 0 spiro atoms. The average molecular weight is 487 g/mol. The molecule has 8 heteroatoms. The second kappa shape index (κ2) is 11.0. The minimum atomic E-state index is -0.719. The first-order valence-corrected chi connectivity index (χ1v) is 11.2. The molecule has 0 fully saturated rings. The first-order chi connectivity index (χ1) is 16.3. The summed E-state index contributed by atoms with van der Waals surface area (Å²) >= 11 is 1.12. The van der Waals surface area contributed by atoms with Gasteiger partial charge in [-0.3, -0.25) is 0 Å². The molecular formula is C26H22F4N2OS. The lowest BCUT2D eigenvalue weighted by Crippen LogP contribution is -2.02. The predicted molar refractivity (Wildman–Crippen MR) is 129 cm³/mol. The number of nitrogens with one attached hydrogen (secondary N) is 1. The molecule has 4 aromatic rings. The van der Waals surface area contributed by atoms with E-state index < -0.39 is 23.3 Å². The van der Waals surface area contributed by atoms with Crippen molar-refractivity contribution < 1.29 is 22.3 Å². The van der Waals surface area contributed by atoms with E-state index in [0.717, 1.165) is 23.5 Å². The molecule has 0 bridgehead atoms. The second-order valence-electron chi connectivity index (χ2n) is 6.80. The molecule has 1 N–H and O–H groups in total. The number of halogens is 4. The number of aryl methyl sites for hydroxylation is 1. The number of rotatable bonds is 6. The number of nitrogens with zero attached hydrogens (tertiary/aromatic N) is 1. The van der Waals surface area contributed by atoms with E-state index in [2.05, 4.69) is 16.9 Å². The van der Waals surface area contributed by atoms with Crippen LogP contribution >= 0.6 is 11.3 Å². The van der Waals surface area contributed by atoms with E-state index in [4.69, 9.17) is 4.74 Å². The summed E-state index contributed by atoms with van der Waals surface area (Å²) in [5.41, 5.74) is 0.169. The van der Waals surface area contributed by atoms with Crippen molar-refractivity contribution in [2.24, 2.45) is 0 Å². The smallest absolute Gasteiger partial charge is 0.233 e. The highest BCUT2D eigenvalue weighted by atomic mass is 32.1. The van der Waals surface area contributed by atoms with Crippen LogP contribution in [-0.4, -0.2) is 4.98 Å². The molecule has 0 amide bonds. The average Bonchev–Trinajstić information content (AvgIpc) is 3.16. The van der Waals surface area contributed by atoms with Crippen molar-refractivity contribution in [3.63, 3.8) is 0 Å². The molecule has 0 saturated carbocycles. The second-order valence-corrected chi connectivity index (χ2v) is 8.01. The van der Waals surface area contributed by atoms with Crippen LogP contribution < -0.4 is 10.1 Å². The van der Waals surface area contributed by atoms with Crippen LogP contribution in [0.1, 0.15) is 24.3 Å². The summed E-state index contributed by atoms with van der Waals surface area (Å²) in [6, 6.07) is 13.7. The van der Waals surface area contributed by atoms with Crippen LogP contribution in [0.5, 0.6) is 11.6 Å². The molecule has 3 aromatic carbocycles. The summed E-state index contributed by atoms with van der Waals surface area (Å²) < 4.78 is 61.7. The van der Waals surface area contributed by atoms with Gasteiger partial charge in [0.2, 0.25) is 5.88 Å². The van der Waals surface area contributed by atoms with Crippen molar-refractivity contribution in [2.45, 2.75) is 20.8 Å². The Balaban J connectivity index is 0.00000158. The predicted octanol–water partition coefficient (Wildman–Crippen LogP) is 8.58. The van der Waals surface area contributed by atoms with E-state index in [1.807, 2.05) is 13.8 Å². The molecule has 1 heterocycles. The van der Waals surface area contributed by atoms with E-state index in [1.165, 1.54) is 24.3 Å². The Morgan fingerprint density at radius 1 is 0.853 bits per heavy atom. The molecule has 176 valence electrons. The van der Waals surface area contributed by atoms with Crippen LogP contribution in [0.25, 0.3) is 16.3 Å². The fraction of sp³-hybridized carbons (Fsp3) is 0.115. The highest BCUT2D eigenvalue weighted by Gasteiger charge is 2.18. The molecule has 0 atom stereocenters. The summed E-state index contributed by atoms with van der Waals surface area (Å²) in [5, 5.41) is 3.03. The first-order valence-electron chi connectivity index (χ1n) is 10.4. The van der Waals surface area contributed by atoms with Gasteiger partial charge in [-0.2, -0.15) is 0 Å². The quantitative estimate of drug-likeness (QED) is 0.277. The van der Waals surface area contributed by atoms with Crippen LogP contribution in [0.3, 0.4) is 0 Å². The Morgan fingerprint density at radius 3 is 1.94 bits per heavy atom. The fourth-order valence-electron chi connectivity index (χ4n) is 3.03. The number of aromatic nitrogens is 1. The number of hydrogen-bond donors (Lipinski definition) is 1. The third kappa shape index (κ3) is 5.46. The minimum Gasteiger partial charge on any atom is -0.438 e. The van der Waals surface area contributed by atoms with E-state index >= 15 is 0 Å². The molecular weight excluding hydrogens is 464 g/mol. The van der Waals surface area contributed by atoms with Crippen LogP contribution in [0, 0.1) is 30.2 Å². The zero-order valence-corrected chi connectivity index (χ0v) is 19.6. The maximum atomic E-state index is 14.1. The van der Waals surface area contributed by atoms with Gasteiger partial charge in [0.25, 0.3) is 0 Å². The highest BCUT2D eigenvalue weighted by Crippen LogP contribution is 2.36. The molecule has 4 rings (SSSR count). The lowest BCUT2D eigenvalue weighted by molar-refractivity contribution is 0.463. The summed E-state index contributed by atoms with van der Waals surface area (Å²) in [6.07, 6.45) is 0. The van der Waals surface area contributed by atoms with Gasteiger partial charge in [0.1, 0.15) is 34.0 Å². The summed E-state index contributed by atoms with van der Waals surface area (Å²) in [4.78, 5) is 4.88. The molecule has 0 aliphatic carbocycles. The minimum absolute atomic E-state index is 0.0705. The molecule has 0 aliphatic rings. The molecule has 0 unspecified atom stereocenters. The summed E-state index contributed by atoms with van der Waals surface area (Å²) in [7, 11) is 0. The number of ether oxygens (including phenoxy) is 1. The normalized spacial score (nSPS) is 10.3. The summed E-state index contributed by atoms with van der Waals surface area (Å²) in [5.74, 6) is -2.19. The third-order valence-corrected chi connectivity index (χ3v) is 5.53. The van der Waals surface area contributed by atoms with Crippen molar-refractivity contribution in [2.75, 3.05) is 5.32 Å². The fourth-order valence-corrected chi connectivity index (χ4v) is 3.92. The third-order valence-electron chi connectivity index (χ3n) is 4.56. The van der Waals surface area contributed by atoms with Crippen LogP contribution in [0.15, 0.2) is 67.2 Å². The van der Waals surface area contributed by atoms with E-state index in [1.54, 1.807) is 31.2 Å². The van der Waals surface area contributed by atoms with Gasteiger partial charge in [-0.25, -0.2) is 22.5 Å². The number of thiazole rings is 1.